The van der Waals surface area contributed by atoms with Crippen molar-refractivity contribution in [3.63, 3.8) is 0 Å². The second-order valence-electron chi connectivity index (χ2n) is 6.21. The van der Waals surface area contributed by atoms with E-state index in [1.807, 2.05) is 42.5 Å². The molecule has 0 aliphatic rings. The minimum absolute atomic E-state index is 0.0804. The van der Waals surface area contributed by atoms with Gasteiger partial charge in [-0.25, -0.2) is 0 Å². The summed E-state index contributed by atoms with van der Waals surface area (Å²) in [6.07, 6.45) is 1.94. The van der Waals surface area contributed by atoms with Gasteiger partial charge in [0.15, 0.2) is 0 Å². The first-order chi connectivity index (χ1) is 13.0. The highest BCUT2D eigenvalue weighted by molar-refractivity contribution is 5.92. The van der Waals surface area contributed by atoms with E-state index in [-0.39, 0.29) is 18.2 Å². The van der Waals surface area contributed by atoms with Gasteiger partial charge in [0.1, 0.15) is 0 Å². The van der Waals surface area contributed by atoms with Gasteiger partial charge in [-0.1, -0.05) is 6.07 Å². The number of pyridine rings is 1. The predicted octanol–water partition coefficient (Wildman–Crippen LogP) is 2.99. The third-order valence-electron chi connectivity index (χ3n) is 4.43. The highest BCUT2D eigenvalue weighted by Crippen LogP contribution is 2.21. The van der Waals surface area contributed by atoms with Crippen molar-refractivity contribution in [2.45, 2.75) is 33.7 Å². The second kappa shape index (κ2) is 10.3. The molecular formula is C21H28N4O2. The van der Waals surface area contributed by atoms with Crippen molar-refractivity contribution in [1.29, 1.82) is 0 Å². The number of rotatable bonds is 9. The summed E-state index contributed by atoms with van der Waals surface area (Å²) in [4.78, 5) is 32.2. The lowest BCUT2D eigenvalue weighted by Gasteiger charge is -2.24. The van der Waals surface area contributed by atoms with Crippen LogP contribution in [0.2, 0.25) is 0 Å². The molecule has 0 bridgehead atoms. The number of amides is 2. The van der Waals surface area contributed by atoms with Gasteiger partial charge in [0.25, 0.3) is 0 Å². The van der Waals surface area contributed by atoms with Crippen LogP contribution in [-0.4, -0.2) is 36.4 Å². The third-order valence-corrected chi connectivity index (χ3v) is 4.43. The fourth-order valence-corrected chi connectivity index (χ4v) is 2.89. The predicted molar refractivity (Wildman–Crippen MR) is 109 cm³/mol. The average Bonchev–Trinajstić information content (AvgIpc) is 2.69. The molecule has 0 unspecified atom stereocenters. The monoisotopic (exact) mass is 368 g/mol. The molecule has 144 valence electrons. The van der Waals surface area contributed by atoms with Crippen LogP contribution in [0.25, 0.3) is 0 Å². The third kappa shape index (κ3) is 6.09. The van der Waals surface area contributed by atoms with E-state index in [1.54, 1.807) is 11.1 Å². The Morgan fingerprint density at radius 2 is 1.67 bits per heavy atom. The summed E-state index contributed by atoms with van der Waals surface area (Å²) in [5, 5.41) is 2.84. The molecule has 27 heavy (non-hydrogen) atoms. The van der Waals surface area contributed by atoms with E-state index in [0.29, 0.717) is 13.1 Å². The first kappa shape index (κ1) is 20.4. The van der Waals surface area contributed by atoms with E-state index in [9.17, 15) is 9.59 Å². The number of hydrogen-bond donors (Lipinski definition) is 1. The zero-order valence-corrected chi connectivity index (χ0v) is 16.3. The van der Waals surface area contributed by atoms with E-state index in [1.165, 1.54) is 6.92 Å². The topological polar surface area (TPSA) is 65.5 Å². The molecule has 2 amide bonds. The number of aromatic nitrogens is 1. The zero-order valence-electron chi connectivity index (χ0n) is 16.3. The van der Waals surface area contributed by atoms with Gasteiger partial charge in [0.2, 0.25) is 11.8 Å². The Hall–Kier alpha value is -2.89. The summed E-state index contributed by atoms with van der Waals surface area (Å²) in [5.41, 5.74) is 2.73. The van der Waals surface area contributed by atoms with Crippen molar-refractivity contribution in [2.24, 2.45) is 0 Å². The Kier molecular flexibility index (Phi) is 7.79. The molecule has 0 aliphatic carbocycles. The van der Waals surface area contributed by atoms with Crippen LogP contribution < -0.4 is 15.1 Å². The molecule has 0 saturated carbocycles. The maximum atomic E-state index is 12.1. The molecular weight excluding hydrogens is 340 g/mol. The summed E-state index contributed by atoms with van der Waals surface area (Å²) in [7, 11) is 0. The molecule has 6 heteroatoms. The first-order valence-corrected chi connectivity index (χ1v) is 9.34. The summed E-state index contributed by atoms with van der Waals surface area (Å²) < 4.78 is 0. The van der Waals surface area contributed by atoms with Gasteiger partial charge in [-0.3, -0.25) is 14.6 Å². The summed E-state index contributed by atoms with van der Waals surface area (Å²) in [5.74, 6) is -0.185. The van der Waals surface area contributed by atoms with Gasteiger partial charge in [-0.05, 0) is 50.2 Å². The van der Waals surface area contributed by atoms with Crippen LogP contribution in [-0.2, 0) is 16.1 Å². The van der Waals surface area contributed by atoms with Gasteiger partial charge >= 0.3 is 0 Å². The Bertz CT molecular complexity index is 728. The van der Waals surface area contributed by atoms with Crippen LogP contribution >= 0.6 is 0 Å². The van der Waals surface area contributed by atoms with E-state index >= 15 is 0 Å². The van der Waals surface area contributed by atoms with Crippen molar-refractivity contribution < 1.29 is 9.59 Å². The van der Waals surface area contributed by atoms with Crippen LogP contribution in [0, 0.1) is 0 Å². The number of anilines is 2. The molecule has 1 heterocycles. The summed E-state index contributed by atoms with van der Waals surface area (Å²) in [6.45, 7) is 8.34. The molecule has 0 spiro atoms. The number of carbonyl (C=O) groups is 2. The first-order valence-electron chi connectivity index (χ1n) is 9.34. The fourth-order valence-electron chi connectivity index (χ4n) is 2.89. The van der Waals surface area contributed by atoms with Gasteiger partial charge in [-0.15, -0.1) is 0 Å². The normalized spacial score (nSPS) is 10.3. The number of hydrogen-bond acceptors (Lipinski definition) is 4. The van der Waals surface area contributed by atoms with E-state index < -0.39 is 0 Å². The van der Waals surface area contributed by atoms with Gasteiger partial charge < -0.3 is 15.1 Å². The van der Waals surface area contributed by atoms with Crippen LogP contribution in [0.15, 0.2) is 48.7 Å². The molecule has 0 saturated heterocycles. The molecule has 2 rings (SSSR count). The number of nitrogens with one attached hydrogen (secondary N) is 1. The smallest absolute Gasteiger partial charge is 0.223 e. The van der Waals surface area contributed by atoms with Gasteiger partial charge in [0, 0.05) is 50.6 Å². The molecule has 0 aliphatic heterocycles. The summed E-state index contributed by atoms with van der Waals surface area (Å²) in [6, 6.07) is 13.5. The minimum Gasteiger partial charge on any atom is -0.372 e. The highest BCUT2D eigenvalue weighted by atomic mass is 16.2. The largest absolute Gasteiger partial charge is 0.372 e. The van der Waals surface area contributed by atoms with Crippen LogP contribution in [0.3, 0.4) is 0 Å². The molecule has 0 fully saturated rings. The molecule has 1 aromatic carbocycles. The second-order valence-corrected chi connectivity index (χ2v) is 6.21. The van der Waals surface area contributed by atoms with E-state index in [2.05, 4.69) is 29.0 Å². The van der Waals surface area contributed by atoms with Crippen molar-refractivity contribution in [1.82, 2.24) is 10.3 Å². The maximum Gasteiger partial charge on any atom is 0.223 e. The number of carbonyl (C=O) groups excluding carboxylic acids is 2. The van der Waals surface area contributed by atoms with E-state index in [0.717, 1.165) is 30.2 Å². The van der Waals surface area contributed by atoms with Gasteiger partial charge in [0.05, 0.1) is 12.2 Å². The van der Waals surface area contributed by atoms with Gasteiger partial charge in [-0.2, -0.15) is 0 Å². The number of nitrogens with zero attached hydrogens (tertiary/aromatic N) is 3. The SMILES string of the molecule is CCN(CC)c1ccc(N(CCC(=O)NCc2ccccn2)C(C)=O)cc1. The molecule has 0 radical (unpaired) electrons. The van der Waals surface area contributed by atoms with Crippen molar-refractivity contribution >= 4 is 23.2 Å². The van der Waals surface area contributed by atoms with Crippen LogP contribution in [0.5, 0.6) is 0 Å². The minimum atomic E-state index is -0.105. The lowest BCUT2D eigenvalue weighted by molar-refractivity contribution is -0.121. The molecule has 0 atom stereocenters. The van der Waals surface area contributed by atoms with Crippen molar-refractivity contribution in [3.05, 3.63) is 54.4 Å². The summed E-state index contributed by atoms with van der Waals surface area (Å²) >= 11 is 0. The lowest BCUT2D eigenvalue weighted by Crippen LogP contribution is -2.33. The Morgan fingerprint density at radius 3 is 2.22 bits per heavy atom. The Morgan fingerprint density at radius 1 is 1.00 bits per heavy atom. The Labute approximate surface area is 161 Å². The maximum absolute atomic E-state index is 12.1. The molecule has 2 aromatic rings. The standard InChI is InChI=1S/C21H28N4O2/c1-4-24(5-2)19-9-11-20(12-10-19)25(17(3)26)15-13-21(27)23-16-18-8-6-7-14-22-18/h6-12,14H,4-5,13,15-16H2,1-3H3,(H,23,27). The molecule has 1 N–H and O–H groups in total. The van der Waals surface area contributed by atoms with Crippen molar-refractivity contribution in [3.8, 4) is 0 Å². The fraction of sp³-hybridized carbons (Fsp3) is 0.381. The highest BCUT2D eigenvalue weighted by Gasteiger charge is 2.14. The van der Waals surface area contributed by atoms with Crippen LogP contribution in [0.1, 0.15) is 32.9 Å². The molecule has 1 aromatic heterocycles. The number of benzene rings is 1. The zero-order chi connectivity index (χ0) is 19.6. The van der Waals surface area contributed by atoms with Crippen molar-refractivity contribution in [2.75, 3.05) is 29.4 Å². The van der Waals surface area contributed by atoms with E-state index in [4.69, 9.17) is 0 Å². The Balaban J connectivity index is 1.93. The molecule has 6 nitrogen and oxygen atoms in total. The quantitative estimate of drug-likeness (QED) is 0.739. The van der Waals surface area contributed by atoms with Crippen LogP contribution in [0.4, 0.5) is 11.4 Å². The lowest BCUT2D eigenvalue weighted by atomic mass is 10.2. The average molecular weight is 368 g/mol.